The van der Waals surface area contributed by atoms with E-state index in [1.165, 1.54) is 0 Å². The Balaban J connectivity index is 1.66. The molecule has 1 aromatic carbocycles. The summed E-state index contributed by atoms with van der Waals surface area (Å²) in [5.41, 5.74) is 0.681. The highest BCUT2D eigenvalue weighted by molar-refractivity contribution is 6.35. The molecule has 4 rings (SSSR count). The second kappa shape index (κ2) is 6.24. The molecule has 5 nitrogen and oxygen atoms in total. The summed E-state index contributed by atoms with van der Waals surface area (Å²) in [4.78, 5) is 19.4. The minimum absolute atomic E-state index is 0.0290. The SMILES string of the molecule is CC1CN(C(=O)c2cc(Cl)c3ccccc3n2)CC2(CCOC2C)O1. The number of morpholine rings is 1. The van der Waals surface area contributed by atoms with E-state index in [2.05, 4.69) is 4.98 Å². The van der Waals surface area contributed by atoms with Gasteiger partial charge in [0.05, 0.1) is 29.3 Å². The number of nitrogens with zero attached hydrogens (tertiary/aromatic N) is 2. The molecule has 2 aliphatic rings. The van der Waals surface area contributed by atoms with Gasteiger partial charge in [-0.1, -0.05) is 29.8 Å². The summed E-state index contributed by atoms with van der Waals surface area (Å²) in [6, 6.07) is 9.24. The van der Waals surface area contributed by atoms with Crippen LogP contribution in [0.15, 0.2) is 30.3 Å². The van der Waals surface area contributed by atoms with Gasteiger partial charge in [-0.2, -0.15) is 0 Å². The van der Waals surface area contributed by atoms with Gasteiger partial charge in [-0.25, -0.2) is 4.98 Å². The summed E-state index contributed by atoms with van der Waals surface area (Å²) in [7, 11) is 0. The summed E-state index contributed by atoms with van der Waals surface area (Å²) >= 11 is 6.36. The van der Waals surface area contributed by atoms with Crippen LogP contribution in [0.25, 0.3) is 10.9 Å². The van der Waals surface area contributed by atoms with Crippen LogP contribution in [0.5, 0.6) is 0 Å². The topological polar surface area (TPSA) is 51.7 Å². The van der Waals surface area contributed by atoms with Crippen molar-refractivity contribution < 1.29 is 14.3 Å². The Morgan fingerprint density at radius 2 is 2.16 bits per heavy atom. The predicted molar refractivity (Wildman–Crippen MR) is 96.0 cm³/mol. The lowest BCUT2D eigenvalue weighted by molar-refractivity contribution is -0.160. The smallest absolute Gasteiger partial charge is 0.272 e. The molecule has 2 aliphatic heterocycles. The normalized spacial score (nSPS) is 29.5. The van der Waals surface area contributed by atoms with Gasteiger partial charge in [0, 0.05) is 25.0 Å². The van der Waals surface area contributed by atoms with E-state index >= 15 is 0 Å². The van der Waals surface area contributed by atoms with Gasteiger partial charge in [0.25, 0.3) is 5.91 Å². The largest absolute Gasteiger partial charge is 0.375 e. The number of rotatable bonds is 1. The van der Waals surface area contributed by atoms with Gasteiger partial charge < -0.3 is 14.4 Å². The number of pyridine rings is 1. The van der Waals surface area contributed by atoms with E-state index < -0.39 is 5.60 Å². The van der Waals surface area contributed by atoms with E-state index in [9.17, 15) is 4.79 Å². The van der Waals surface area contributed by atoms with Crippen molar-refractivity contribution in [1.82, 2.24) is 9.88 Å². The van der Waals surface area contributed by atoms with E-state index in [1.807, 2.05) is 43.0 Å². The fourth-order valence-electron chi connectivity index (χ4n) is 3.86. The first-order valence-corrected chi connectivity index (χ1v) is 9.00. The number of carbonyl (C=O) groups excluding carboxylic acids is 1. The van der Waals surface area contributed by atoms with E-state index in [0.717, 1.165) is 17.3 Å². The predicted octanol–water partition coefficient (Wildman–Crippen LogP) is 3.30. The molecule has 0 aliphatic carbocycles. The van der Waals surface area contributed by atoms with Crippen LogP contribution in [-0.2, 0) is 9.47 Å². The molecule has 1 amide bonds. The van der Waals surface area contributed by atoms with Gasteiger partial charge in [0.2, 0.25) is 0 Å². The maximum Gasteiger partial charge on any atom is 0.272 e. The van der Waals surface area contributed by atoms with Gasteiger partial charge in [0.15, 0.2) is 0 Å². The summed E-state index contributed by atoms with van der Waals surface area (Å²) in [5, 5.41) is 1.40. The second-order valence-electron chi connectivity index (χ2n) is 6.95. The van der Waals surface area contributed by atoms with Crippen LogP contribution in [0.2, 0.25) is 5.02 Å². The lowest BCUT2D eigenvalue weighted by Crippen LogP contribution is -2.59. The van der Waals surface area contributed by atoms with Crippen molar-refractivity contribution in [1.29, 1.82) is 0 Å². The highest BCUT2D eigenvalue weighted by Crippen LogP contribution is 2.35. The molecule has 3 unspecified atom stereocenters. The van der Waals surface area contributed by atoms with E-state index in [4.69, 9.17) is 21.1 Å². The molecule has 0 saturated carbocycles. The number of amides is 1. The number of fused-ring (bicyclic) bond motifs is 1. The fraction of sp³-hybridized carbons (Fsp3) is 0.474. The third kappa shape index (κ3) is 2.90. The molecule has 2 aromatic rings. The molecule has 2 fully saturated rings. The van der Waals surface area contributed by atoms with E-state index in [0.29, 0.717) is 30.4 Å². The van der Waals surface area contributed by atoms with Crippen molar-refractivity contribution in [3.05, 3.63) is 41.0 Å². The van der Waals surface area contributed by atoms with Crippen LogP contribution in [0.3, 0.4) is 0 Å². The fourth-order valence-corrected chi connectivity index (χ4v) is 4.12. The number of para-hydroxylation sites is 1. The van der Waals surface area contributed by atoms with Gasteiger partial charge >= 0.3 is 0 Å². The average Bonchev–Trinajstić information content (AvgIpc) is 2.93. The first-order valence-electron chi connectivity index (χ1n) is 8.62. The maximum atomic E-state index is 13.1. The minimum atomic E-state index is -0.423. The van der Waals surface area contributed by atoms with Crippen LogP contribution < -0.4 is 0 Å². The van der Waals surface area contributed by atoms with E-state index in [1.54, 1.807) is 6.07 Å². The number of halogens is 1. The van der Waals surface area contributed by atoms with E-state index in [-0.39, 0.29) is 18.1 Å². The average molecular weight is 361 g/mol. The van der Waals surface area contributed by atoms with Crippen LogP contribution in [0, 0.1) is 0 Å². The van der Waals surface area contributed by atoms with Crippen LogP contribution in [0.1, 0.15) is 30.8 Å². The molecule has 25 heavy (non-hydrogen) atoms. The molecular weight excluding hydrogens is 340 g/mol. The summed E-state index contributed by atoms with van der Waals surface area (Å²) in [6.45, 7) is 5.73. The number of ether oxygens (including phenoxy) is 2. The molecule has 3 atom stereocenters. The number of hydrogen-bond acceptors (Lipinski definition) is 4. The zero-order chi connectivity index (χ0) is 17.6. The Bertz CT molecular complexity index is 827. The Labute approximate surface area is 151 Å². The first kappa shape index (κ1) is 16.8. The molecular formula is C19H21ClN2O3. The number of benzene rings is 1. The number of aromatic nitrogens is 1. The molecule has 1 spiro atoms. The zero-order valence-electron chi connectivity index (χ0n) is 14.4. The Morgan fingerprint density at radius 3 is 2.92 bits per heavy atom. The molecule has 132 valence electrons. The summed E-state index contributed by atoms with van der Waals surface area (Å²) in [6.07, 6.45) is 0.727. The number of hydrogen-bond donors (Lipinski definition) is 0. The van der Waals surface area contributed by atoms with Crippen molar-refractivity contribution in [3.8, 4) is 0 Å². The van der Waals surface area contributed by atoms with Crippen LogP contribution in [-0.4, -0.2) is 53.3 Å². The maximum absolute atomic E-state index is 13.1. The van der Waals surface area contributed by atoms with Crippen LogP contribution in [0.4, 0.5) is 0 Å². The van der Waals surface area contributed by atoms with Gasteiger partial charge in [-0.15, -0.1) is 0 Å². The Kier molecular flexibility index (Phi) is 4.18. The summed E-state index contributed by atoms with van der Waals surface area (Å²) < 4.78 is 11.9. The number of carbonyl (C=O) groups is 1. The van der Waals surface area contributed by atoms with Crippen molar-refractivity contribution in [2.75, 3.05) is 19.7 Å². The third-order valence-corrected chi connectivity index (χ3v) is 5.49. The van der Waals surface area contributed by atoms with Gasteiger partial charge in [-0.05, 0) is 26.0 Å². The second-order valence-corrected chi connectivity index (χ2v) is 7.36. The molecule has 0 radical (unpaired) electrons. The van der Waals surface area contributed by atoms with Crippen LogP contribution >= 0.6 is 11.6 Å². The first-order chi connectivity index (χ1) is 12.0. The van der Waals surface area contributed by atoms with Crippen molar-refractivity contribution in [2.24, 2.45) is 0 Å². The minimum Gasteiger partial charge on any atom is -0.375 e. The molecule has 0 bridgehead atoms. The Hall–Kier alpha value is -1.69. The Morgan fingerprint density at radius 1 is 1.36 bits per heavy atom. The van der Waals surface area contributed by atoms with Crippen molar-refractivity contribution >= 4 is 28.4 Å². The zero-order valence-corrected chi connectivity index (χ0v) is 15.1. The monoisotopic (exact) mass is 360 g/mol. The highest BCUT2D eigenvalue weighted by Gasteiger charge is 2.49. The molecule has 1 aromatic heterocycles. The molecule has 2 saturated heterocycles. The standard InChI is InChI=1S/C19H21ClN2O3/c1-12-10-22(11-19(25-12)7-8-24-13(19)2)18(23)17-9-15(20)14-5-3-4-6-16(14)21-17/h3-6,9,12-13H,7-8,10-11H2,1-2H3. The molecule has 0 N–H and O–H groups in total. The lowest BCUT2D eigenvalue weighted by Gasteiger charge is -2.45. The van der Waals surface area contributed by atoms with Gasteiger partial charge in [-0.3, -0.25) is 4.79 Å². The molecule has 3 heterocycles. The summed E-state index contributed by atoms with van der Waals surface area (Å²) in [5.74, 6) is -0.110. The van der Waals surface area contributed by atoms with Gasteiger partial charge in [0.1, 0.15) is 11.3 Å². The highest BCUT2D eigenvalue weighted by atomic mass is 35.5. The quantitative estimate of drug-likeness (QED) is 0.783. The van der Waals surface area contributed by atoms with Crippen molar-refractivity contribution in [3.63, 3.8) is 0 Å². The van der Waals surface area contributed by atoms with Crippen molar-refractivity contribution in [2.45, 2.75) is 38.1 Å². The third-order valence-electron chi connectivity index (χ3n) is 5.18. The molecule has 6 heteroatoms. The lowest BCUT2D eigenvalue weighted by atomic mass is 9.93.